The van der Waals surface area contributed by atoms with Gasteiger partial charge in [0.15, 0.2) is 11.5 Å². The topological polar surface area (TPSA) is 110 Å². The summed E-state index contributed by atoms with van der Waals surface area (Å²) in [5, 5.41) is 20.2. The molecule has 2 heterocycles. The molecule has 3 rings (SSSR count). The SMILES string of the molecule is COc1cc(-c2nnc(C)o2)ccc1OCC[C@@H]1CN(C(=O)O)CCN1.Cl. The van der Waals surface area contributed by atoms with Crippen molar-refractivity contribution < 1.29 is 23.8 Å². The predicted octanol–water partition coefficient (Wildman–Crippen LogP) is 2.20. The van der Waals surface area contributed by atoms with Gasteiger partial charge in [-0.15, -0.1) is 22.6 Å². The standard InChI is InChI=1S/C17H22N4O5.ClH/c1-11-19-20-16(26-11)12-3-4-14(15(9-12)24-2)25-8-5-13-10-21(17(22)23)7-6-18-13;/h3-4,9,13,18H,5-8,10H2,1-2H3,(H,22,23);1H/t13-;/m1./s1. The first-order chi connectivity index (χ1) is 12.6. The molecule has 27 heavy (non-hydrogen) atoms. The maximum Gasteiger partial charge on any atom is 0.407 e. The van der Waals surface area contributed by atoms with Gasteiger partial charge in [-0.25, -0.2) is 4.79 Å². The molecule has 1 atom stereocenters. The van der Waals surface area contributed by atoms with Crippen LogP contribution in [-0.4, -0.2) is 65.7 Å². The van der Waals surface area contributed by atoms with Crippen LogP contribution >= 0.6 is 12.4 Å². The molecule has 1 saturated heterocycles. The van der Waals surface area contributed by atoms with Crippen molar-refractivity contribution in [3.63, 3.8) is 0 Å². The monoisotopic (exact) mass is 398 g/mol. The molecule has 0 spiro atoms. The van der Waals surface area contributed by atoms with Crippen molar-refractivity contribution in [2.24, 2.45) is 0 Å². The minimum absolute atomic E-state index is 0. The maximum absolute atomic E-state index is 11.1. The van der Waals surface area contributed by atoms with Crippen LogP contribution in [-0.2, 0) is 0 Å². The summed E-state index contributed by atoms with van der Waals surface area (Å²) in [6.07, 6.45) is -0.191. The van der Waals surface area contributed by atoms with Gasteiger partial charge in [0, 0.05) is 38.2 Å². The van der Waals surface area contributed by atoms with Gasteiger partial charge in [-0.05, 0) is 24.6 Å². The first kappa shape index (κ1) is 20.8. The van der Waals surface area contributed by atoms with Gasteiger partial charge in [0.1, 0.15) is 0 Å². The summed E-state index contributed by atoms with van der Waals surface area (Å²) in [5.41, 5.74) is 0.751. The molecule has 0 unspecified atom stereocenters. The second kappa shape index (κ2) is 9.43. The zero-order valence-electron chi connectivity index (χ0n) is 15.2. The maximum atomic E-state index is 11.1. The molecule has 0 bridgehead atoms. The van der Waals surface area contributed by atoms with E-state index in [4.69, 9.17) is 19.0 Å². The van der Waals surface area contributed by atoms with E-state index in [1.54, 1.807) is 26.2 Å². The number of nitrogens with zero attached hydrogens (tertiary/aromatic N) is 3. The fraction of sp³-hybridized carbons (Fsp3) is 0.471. The van der Waals surface area contributed by atoms with Gasteiger partial charge >= 0.3 is 6.09 Å². The third-order valence-corrected chi connectivity index (χ3v) is 4.19. The highest BCUT2D eigenvalue weighted by atomic mass is 35.5. The number of carbonyl (C=O) groups is 1. The summed E-state index contributed by atoms with van der Waals surface area (Å²) >= 11 is 0. The van der Waals surface area contributed by atoms with Crippen LogP contribution in [0.1, 0.15) is 12.3 Å². The third kappa shape index (κ3) is 5.24. The molecule has 0 saturated carbocycles. The van der Waals surface area contributed by atoms with Crippen LogP contribution in [0.15, 0.2) is 22.6 Å². The Kier molecular flexibility index (Phi) is 7.26. The first-order valence-electron chi connectivity index (χ1n) is 8.39. The van der Waals surface area contributed by atoms with E-state index in [0.717, 1.165) is 5.56 Å². The van der Waals surface area contributed by atoms with Crippen LogP contribution in [0.5, 0.6) is 11.5 Å². The first-order valence-corrected chi connectivity index (χ1v) is 8.39. The highest BCUT2D eigenvalue weighted by Crippen LogP contribution is 2.32. The minimum Gasteiger partial charge on any atom is -0.493 e. The Morgan fingerprint density at radius 3 is 2.89 bits per heavy atom. The Morgan fingerprint density at radius 2 is 2.22 bits per heavy atom. The normalized spacial score (nSPS) is 16.5. The highest BCUT2D eigenvalue weighted by molar-refractivity contribution is 5.85. The average Bonchev–Trinajstić information content (AvgIpc) is 3.08. The summed E-state index contributed by atoms with van der Waals surface area (Å²) in [7, 11) is 1.57. The van der Waals surface area contributed by atoms with Gasteiger partial charge in [0.25, 0.3) is 0 Å². The molecular formula is C17H23ClN4O5. The quantitative estimate of drug-likeness (QED) is 0.762. The van der Waals surface area contributed by atoms with Crippen LogP contribution in [0.4, 0.5) is 4.79 Å². The Bertz CT molecular complexity index is 770. The molecule has 1 aliphatic heterocycles. The lowest BCUT2D eigenvalue weighted by atomic mass is 10.1. The number of aryl methyl sites for hydroxylation is 1. The number of nitrogens with one attached hydrogen (secondary N) is 1. The molecule has 9 nitrogen and oxygen atoms in total. The van der Waals surface area contributed by atoms with Gasteiger partial charge in [-0.2, -0.15) is 0 Å². The number of halogens is 1. The fourth-order valence-electron chi connectivity index (χ4n) is 2.84. The molecule has 2 N–H and O–H groups in total. The third-order valence-electron chi connectivity index (χ3n) is 4.19. The number of hydrogen-bond donors (Lipinski definition) is 2. The van der Waals surface area contributed by atoms with E-state index in [1.807, 2.05) is 6.07 Å². The van der Waals surface area contributed by atoms with Crippen LogP contribution in [0.3, 0.4) is 0 Å². The van der Waals surface area contributed by atoms with Crippen molar-refractivity contribution >= 4 is 18.5 Å². The lowest BCUT2D eigenvalue weighted by Crippen LogP contribution is -2.52. The second-order valence-electron chi connectivity index (χ2n) is 6.01. The van der Waals surface area contributed by atoms with Crippen LogP contribution in [0.2, 0.25) is 0 Å². The lowest BCUT2D eigenvalue weighted by molar-refractivity contribution is 0.124. The van der Waals surface area contributed by atoms with E-state index in [9.17, 15) is 4.79 Å². The van der Waals surface area contributed by atoms with Gasteiger partial charge in [-0.3, -0.25) is 0 Å². The van der Waals surface area contributed by atoms with Gasteiger partial charge in [0.05, 0.1) is 13.7 Å². The number of hydrogen-bond acceptors (Lipinski definition) is 7. The minimum atomic E-state index is -0.883. The number of ether oxygens (including phenoxy) is 2. The number of methoxy groups -OCH3 is 1. The average molecular weight is 399 g/mol. The number of rotatable bonds is 6. The molecule has 1 aliphatic rings. The number of amides is 1. The summed E-state index contributed by atoms with van der Waals surface area (Å²) in [5.74, 6) is 2.10. The molecule has 1 aromatic heterocycles. The largest absolute Gasteiger partial charge is 0.493 e. The summed E-state index contributed by atoms with van der Waals surface area (Å²) in [6.45, 7) is 3.80. The van der Waals surface area contributed by atoms with Gasteiger partial charge in [0.2, 0.25) is 11.8 Å². The van der Waals surface area contributed by atoms with Gasteiger partial charge < -0.3 is 29.2 Å². The molecule has 2 aromatic rings. The van der Waals surface area contributed by atoms with E-state index in [1.165, 1.54) is 4.90 Å². The number of aromatic nitrogens is 2. The molecule has 0 radical (unpaired) electrons. The summed E-state index contributed by atoms with van der Waals surface area (Å²) < 4.78 is 16.6. The van der Waals surface area contributed by atoms with Crippen LogP contribution in [0.25, 0.3) is 11.5 Å². The van der Waals surface area contributed by atoms with E-state index >= 15 is 0 Å². The zero-order chi connectivity index (χ0) is 18.5. The predicted molar refractivity (Wildman–Crippen MR) is 99.8 cm³/mol. The van der Waals surface area contributed by atoms with Crippen LogP contribution in [0, 0.1) is 6.92 Å². The Morgan fingerprint density at radius 1 is 1.41 bits per heavy atom. The Labute approximate surface area is 163 Å². The van der Waals surface area contributed by atoms with Crippen LogP contribution < -0.4 is 14.8 Å². The Balaban J connectivity index is 0.00000261. The summed E-state index contributed by atoms with van der Waals surface area (Å²) in [6, 6.07) is 5.49. The molecule has 1 aromatic carbocycles. The van der Waals surface area contributed by atoms with E-state index < -0.39 is 6.09 Å². The van der Waals surface area contributed by atoms with Crippen molar-refractivity contribution in [2.75, 3.05) is 33.4 Å². The van der Waals surface area contributed by atoms with E-state index in [-0.39, 0.29) is 18.4 Å². The van der Waals surface area contributed by atoms with Crippen molar-refractivity contribution in [3.8, 4) is 23.0 Å². The van der Waals surface area contributed by atoms with E-state index in [2.05, 4.69) is 15.5 Å². The number of benzene rings is 1. The zero-order valence-corrected chi connectivity index (χ0v) is 16.0. The molecule has 0 aliphatic carbocycles. The van der Waals surface area contributed by atoms with Crippen molar-refractivity contribution in [2.45, 2.75) is 19.4 Å². The van der Waals surface area contributed by atoms with Crippen molar-refractivity contribution in [3.05, 3.63) is 24.1 Å². The highest BCUT2D eigenvalue weighted by Gasteiger charge is 2.22. The lowest BCUT2D eigenvalue weighted by Gasteiger charge is -2.31. The number of carboxylic acid groups (broad SMARTS) is 1. The molecular weight excluding hydrogens is 376 g/mol. The molecule has 148 valence electrons. The van der Waals surface area contributed by atoms with E-state index in [0.29, 0.717) is 55.9 Å². The van der Waals surface area contributed by atoms with Gasteiger partial charge in [-0.1, -0.05) is 0 Å². The number of piperazine rings is 1. The fourth-order valence-corrected chi connectivity index (χ4v) is 2.84. The molecule has 1 amide bonds. The smallest absolute Gasteiger partial charge is 0.407 e. The van der Waals surface area contributed by atoms with Crippen molar-refractivity contribution in [1.29, 1.82) is 0 Å². The second-order valence-corrected chi connectivity index (χ2v) is 6.01. The molecule has 10 heteroatoms. The Hall–Kier alpha value is -2.52. The molecule has 1 fully saturated rings. The van der Waals surface area contributed by atoms with Crippen molar-refractivity contribution in [1.82, 2.24) is 20.4 Å². The summed E-state index contributed by atoms with van der Waals surface area (Å²) in [4.78, 5) is 12.5.